The van der Waals surface area contributed by atoms with Crippen molar-refractivity contribution >= 4 is 5.91 Å². The van der Waals surface area contributed by atoms with E-state index in [1.807, 2.05) is 31.1 Å². The van der Waals surface area contributed by atoms with E-state index in [4.69, 9.17) is 4.74 Å². The predicted octanol–water partition coefficient (Wildman–Crippen LogP) is 1.77. The minimum Gasteiger partial charge on any atom is -0.494 e. The van der Waals surface area contributed by atoms with Crippen LogP contribution in [0.25, 0.3) is 0 Å². The van der Waals surface area contributed by atoms with Crippen molar-refractivity contribution in [2.24, 2.45) is 0 Å². The molecule has 0 saturated carbocycles. The third kappa shape index (κ3) is 5.19. The largest absolute Gasteiger partial charge is 0.494 e. The van der Waals surface area contributed by atoms with Crippen molar-refractivity contribution in [1.29, 1.82) is 0 Å². The molecule has 0 saturated heterocycles. The number of nitrogens with one attached hydrogen (secondary N) is 1. The van der Waals surface area contributed by atoms with Crippen LogP contribution in [-0.2, 0) is 0 Å². The molecule has 0 fully saturated rings. The Balaban J connectivity index is 2.43. The van der Waals surface area contributed by atoms with Gasteiger partial charge in [0, 0.05) is 18.7 Å². The number of carbonyl (C=O) groups excluding carboxylic acids is 1. The summed E-state index contributed by atoms with van der Waals surface area (Å²) in [6, 6.07) is 7.24. The molecule has 0 unspecified atom stereocenters. The number of hydrogen-bond acceptors (Lipinski definition) is 3. The first-order chi connectivity index (χ1) is 8.63. The molecule has 100 valence electrons. The summed E-state index contributed by atoms with van der Waals surface area (Å²) in [5.41, 5.74) is 0.664. The topological polar surface area (TPSA) is 41.6 Å². The van der Waals surface area contributed by atoms with E-state index in [0.29, 0.717) is 18.7 Å². The zero-order chi connectivity index (χ0) is 13.4. The molecule has 0 atom stereocenters. The number of amides is 1. The van der Waals surface area contributed by atoms with Crippen molar-refractivity contribution in [3.05, 3.63) is 29.8 Å². The Labute approximate surface area is 109 Å². The first-order valence-corrected chi connectivity index (χ1v) is 6.29. The summed E-state index contributed by atoms with van der Waals surface area (Å²) in [6.07, 6.45) is 0.979. The predicted molar refractivity (Wildman–Crippen MR) is 73.1 cm³/mol. The van der Waals surface area contributed by atoms with Gasteiger partial charge in [0.05, 0.1) is 6.61 Å². The highest BCUT2D eigenvalue weighted by molar-refractivity contribution is 5.94. The van der Waals surface area contributed by atoms with Gasteiger partial charge in [0.2, 0.25) is 0 Å². The Kier molecular flexibility index (Phi) is 6.22. The maximum atomic E-state index is 11.8. The second-order valence-electron chi connectivity index (χ2n) is 4.43. The van der Waals surface area contributed by atoms with Gasteiger partial charge in [-0.15, -0.1) is 0 Å². The molecule has 0 spiro atoms. The molecule has 1 rings (SSSR count). The summed E-state index contributed by atoms with van der Waals surface area (Å²) in [5.74, 6) is 0.764. The average Bonchev–Trinajstić information content (AvgIpc) is 2.36. The summed E-state index contributed by atoms with van der Waals surface area (Å²) in [4.78, 5) is 13.8. The molecule has 0 bridgehead atoms. The van der Waals surface area contributed by atoms with Crippen molar-refractivity contribution in [3.63, 3.8) is 0 Å². The van der Waals surface area contributed by atoms with E-state index >= 15 is 0 Å². The fourth-order valence-electron chi connectivity index (χ4n) is 1.42. The number of likely N-dealkylation sites (N-methyl/N-ethyl adjacent to an activating group) is 1. The first kappa shape index (κ1) is 14.5. The van der Waals surface area contributed by atoms with Crippen LogP contribution in [0.15, 0.2) is 24.3 Å². The van der Waals surface area contributed by atoms with Gasteiger partial charge >= 0.3 is 0 Å². The van der Waals surface area contributed by atoms with Crippen LogP contribution in [-0.4, -0.2) is 44.6 Å². The summed E-state index contributed by atoms with van der Waals surface area (Å²) < 4.78 is 5.46. The van der Waals surface area contributed by atoms with E-state index < -0.39 is 0 Å². The number of rotatable bonds is 7. The Bertz CT molecular complexity index is 361. The zero-order valence-corrected chi connectivity index (χ0v) is 11.4. The molecule has 0 aromatic heterocycles. The van der Waals surface area contributed by atoms with Crippen molar-refractivity contribution in [2.75, 3.05) is 33.8 Å². The van der Waals surface area contributed by atoms with Gasteiger partial charge in [-0.3, -0.25) is 4.79 Å². The summed E-state index contributed by atoms with van der Waals surface area (Å²) in [6.45, 7) is 4.25. The lowest BCUT2D eigenvalue weighted by atomic mass is 10.2. The molecular formula is C14H22N2O2. The number of nitrogens with zero attached hydrogens (tertiary/aromatic N) is 1. The fraction of sp³-hybridized carbons (Fsp3) is 0.500. The third-order valence-electron chi connectivity index (χ3n) is 2.43. The van der Waals surface area contributed by atoms with Gasteiger partial charge in [-0.25, -0.2) is 0 Å². The number of ether oxygens (including phenoxy) is 1. The zero-order valence-electron chi connectivity index (χ0n) is 11.4. The standard InChI is InChI=1S/C14H22N2O2/c1-4-11-18-13-7-5-12(6-8-13)14(17)15-9-10-16(2)3/h5-8H,4,9-11H2,1-3H3,(H,15,17). The molecule has 1 N–H and O–H groups in total. The normalized spacial score (nSPS) is 10.4. The van der Waals surface area contributed by atoms with E-state index in [1.54, 1.807) is 12.1 Å². The maximum absolute atomic E-state index is 11.8. The Morgan fingerprint density at radius 2 is 1.94 bits per heavy atom. The van der Waals surface area contributed by atoms with E-state index in [-0.39, 0.29) is 5.91 Å². The van der Waals surface area contributed by atoms with Crippen LogP contribution in [0.1, 0.15) is 23.7 Å². The first-order valence-electron chi connectivity index (χ1n) is 6.29. The van der Waals surface area contributed by atoms with Crippen LogP contribution in [0.3, 0.4) is 0 Å². The Morgan fingerprint density at radius 3 is 2.50 bits per heavy atom. The van der Waals surface area contributed by atoms with Crippen LogP contribution >= 0.6 is 0 Å². The van der Waals surface area contributed by atoms with Gasteiger partial charge in [0.25, 0.3) is 5.91 Å². The molecule has 4 nitrogen and oxygen atoms in total. The molecule has 0 radical (unpaired) electrons. The van der Waals surface area contributed by atoms with Crippen molar-refractivity contribution in [3.8, 4) is 5.75 Å². The molecule has 1 aromatic carbocycles. The van der Waals surface area contributed by atoms with Gasteiger partial charge in [-0.05, 0) is 44.8 Å². The quantitative estimate of drug-likeness (QED) is 0.802. The van der Waals surface area contributed by atoms with Crippen LogP contribution < -0.4 is 10.1 Å². The highest BCUT2D eigenvalue weighted by Crippen LogP contribution is 2.12. The molecule has 1 amide bonds. The molecule has 0 aliphatic rings. The van der Waals surface area contributed by atoms with E-state index in [2.05, 4.69) is 12.2 Å². The lowest BCUT2D eigenvalue weighted by Gasteiger charge is -2.10. The lowest BCUT2D eigenvalue weighted by Crippen LogP contribution is -2.31. The van der Waals surface area contributed by atoms with Gasteiger partial charge < -0.3 is 15.0 Å². The van der Waals surface area contributed by atoms with Gasteiger partial charge in [-0.1, -0.05) is 6.92 Å². The van der Waals surface area contributed by atoms with Crippen LogP contribution in [0, 0.1) is 0 Å². The van der Waals surface area contributed by atoms with Crippen LogP contribution in [0.5, 0.6) is 5.75 Å². The molecule has 0 heterocycles. The smallest absolute Gasteiger partial charge is 0.251 e. The number of carbonyl (C=O) groups is 1. The van der Waals surface area contributed by atoms with E-state index in [0.717, 1.165) is 18.7 Å². The average molecular weight is 250 g/mol. The summed E-state index contributed by atoms with van der Waals surface area (Å²) in [5, 5.41) is 2.87. The minimum atomic E-state index is -0.0427. The van der Waals surface area contributed by atoms with Gasteiger partial charge in [-0.2, -0.15) is 0 Å². The van der Waals surface area contributed by atoms with Gasteiger partial charge in [0.1, 0.15) is 5.75 Å². The molecule has 18 heavy (non-hydrogen) atoms. The highest BCUT2D eigenvalue weighted by Gasteiger charge is 2.04. The van der Waals surface area contributed by atoms with Crippen LogP contribution in [0.2, 0.25) is 0 Å². The van der Waals surface area contributed by atoms with E-state index in [9.17, 15) is 4.79 Å². The molecule has 1 aromatic rings. The molecule has 4 heteroatoms. The number of hydrogen-bond donors (Lipinski definition) is 1. The summed E-state index contributed by atoms with van der Waals surface area (Å²) in [7, 11) is 3.96. The minimum absolute atomic E-state index is 0.0427. The summed E-state index contributed by atoms with van der Waals surface area (Å²) >= 11 is 0. The highest BCUT2D eigenvalue weighted by atomic mass is 16.5. The molecule has 0 aliphatic heterocycles. The second kappa shape index (κ2) is 7.71. The fourth-order valence-corrected chi connectivity index (χ4v) is 1.42. The Morgan fingerprint density at radius 1 is 1.28 bits per heavy atom. The Hall–Kier alpha value is -1.55. The van der Waals surface area contributed by atoms with Crippen molar-refractivity contribution in [2.45, 2.75) is 13.3 Å². The number of benzene rings is 1. The van der Waals surface area contributed by atoms with Crippen LogP contribution in [0.4, 0.5) is 0 Å². The monoisotopic (exact) mass is 250 g/mol. The molecular weight excluding hydrogens is 228 g/mol. The SMILES string of the molecule is CCCOc1ccc(C(=O)NCCN(C)C)cc1. The lowest BCUT2D eigenvalue weighted by molar-refractivity contribution is 0.0951. The molecule has 0 aliphatic carbocycles. The van der Waals surface area contributed by atoms with Crippen molar-refractivity contribution < 1.29 is 9.53 Å². The van der Waals surface area contributed by atoms with Gasteiger partial charge in [0.15, 0.2) is 0 Å². The second-order valence-corrected chi connectivity index (χ2v) is 4.43. The third-order valence-corrected chi connectivity index (χ3v) is 2.43. The van der Waals surface area contributed by atoms with E-state index in [1.165, 1.54) is 0 Å². The maximum Gasteiger partial charge on any atom is 0.251 e. The van der Waals surface area contributed by atoms with Crippen molar-refractivity contribution in [1.82, 2.24) is 10.2 Å².